The lowest BCUT2D eigenvalue weighted by molar-refractivity contribution is -0.135. The summed E-state index contributed by atoms with van der Waals surface area (Å²) in [5.74, 6) is 2.93. The van der Waals surface area contributed by atoms with Gasteiger partial charge in [-0.25, -0.2) is 0 Å². The van der Waals surface area contributed by atoms with Crippen molar-refractivity contribution in [3.63, 3.8) is 0 Å². The summed E-state index contributed by atoms with van der Waals surface area (Å²) in [7, 11) is 0. The van der Waals surface area contributed by atoms with E-state index >= 15 is 0 Å². The fourth-order valence-corrected chi connectivity index (χ4v) is 3.69. The van der Waals surface area contributed by atoms with Crippen LogP contribution in [0, 0.1) is 6.92 Å². The second-order valence-corrected chi connectivity index (χ2v) is 7.72. The number of furan rings is 2. The van der Waals surface area contributed by atoms with E-state index in [1.807, 2.05) is 55.5 Å². The highest BCUT2D eigenvalue weighted by Gasteiger charge is 2.20. The molecule has 1 aliphatic heterocycles. The van der Waals surface area contributed by atoms with E-state index < -0.39 is 0 Å². The lowest BCUT2D eigenvalue weighted by Gasteiger charge is -2.26. The minimum absolute atomic E-state index is 0.0378. The highest BCUT2D eigenvalue weighted by atomic mass is 16.5. The molecule has 0 saturated carbocycles. The standard InChI is InChI=1S/C24H28N2O4/c1-19-7-5-8-20(15-19)29-18-23(27)26(16-21-9-6-14-28-21)17-22-10-11-24(30-22)25-12-3-2-4-13-25/h5-11,14-15H,2-4,12-13,16-18H2,1H3. The summed E-state index contributed by atoms with van der Waals surface area (Å²) in [6.45, 7) is 4.73. The Morgan fingerprint density at radius 2 is 1.87 bits per heavy atom. The van der Waals surface area contributed by atoms with Crippen molar-refractivity contribution in [3.05, 3.63) is 71.9 Å². The number of hydrogen-bond donors (Lipinski definition) is 0. The molecule has 1 fully saturated rings. The Morgan fingerprint density at radius 3 is 2.63 bits per heavy atom. The van der Waals surface area contributed by atoms with Crippen LogP contribution in [0.2, 0.25) is 0 Å². The second-order valence-electron chi connectivity index (χ2n) is 7.72. The van der Waals surface area contributed by atoms with Gasteiger partial charge < -0.3 is 23.4 Å². The molecule has 2 aromatic heterocycles. The Hall–Kier alpha value is -3.15. The first kappa shape index (κ1) is 20.1. The molecule has 1 amide bonds. The van der Waals surface area contributed by atoms with Gasteiger partial charge in [0.25, 0.3) is 5.91 Å². The van der Waals surface area contributed by atoms with E-state index in [1.54, 1.807) is 11.2 Å². The molecule has 1 saturated heterocycles. The Labute approximate surface area is 177 Å². The second kappa shape index (κ2) is 9.57. The van der Waals surface area contributed by atoms with Gasteiger partial charge in [-0.3, -0.25) is 4.79 Å². The Morgan fingerprint density at radius 1 is 1.03 bits per heavy atom. The van der Waals surface area contributed by atoms with E-state index in [4.69, 9.17) is 13.6 Å². The molecule has 4 rings (SSSR count). The summed E-state index contributed by atoms with van der Waals surface area (Å²) in [6, 6.07) is 15.3. The van der Waals surface area contributed by atoms with Crippen molar-refractivity contribution >= 4 is 11.8 Å². The summed E-state index contributed by atoms with van der Waals surface area (Å²) in [6.07, 6.45) is 5.27. The number of rotatable bonds is 8. The molecule has 3 heterocycles. The number of carbonyl (C=O) groups excluding carboxylic acids is 1. The summed E-state index contributed by atoms with van der Waals surface area (Å²) < 4.78 is 17.2. The third-order valence-corrected chi connectivity index (χ3v) is 5.29. The van der Waals surface area contributed by atoms with Gasteiger partial charge in [-0.15, -0.1) is 0 Å². The number of aryl methyl sites for hydroxylation is 1. The van der Waals surface area contributed by atoms with Crippen LogP contribution in [0.4, 0.5) is 5.88 Å². The molecule has 1 aliphatic rings. The van der Waals surface area contributed by atoms with E-state index in [0.717, 1.165) is 36.1 Å². The van der Waals surface area contributed by atoms with Gasteiger partial charge in [-0.1, -0.05) is 12.1 Å². The number of piperidine rings is 1. The molecule has 30 heavy (non-hydrogen) atoms. The van der Waals surface area contributed by atoms with Crippen molar-refractivity contribution in [1.82, 2.24) is 4.90 Å². The molecular weight excluding hydrogens is 380 g/mol. The Kier molecular flexibility index (Phi) is 6.42. The van der Waals surface area contributed by atoms with Gasteiger partial charge in [0.1, 0.15) is 17.3 Å². The van der Waals surface area contributed by atoms with E-state index in [0.29, 0.717) is 18.8 Å². The van der Waals surface area contributed by atoms with Crippen LogP contribution in [-0.2, 0) is 17.9 Å². The average molecular weight is 408 g/mol. The molecule has 0 spiro atoms. The Bertz CT molecular complexity index is 942. The molecule has 158 valence electrons. The SMILES string of the molecule is Cc1cccc(OCC(=O)N(Cc2ccco2)Cc2ccc(N3CCCCC3)o2)c1. The van der Waals surface area contributed by atoms with E-state index in [-0.39, 0.29) is 12.5 Å². The third-order valence-electron chi connectivity index (χ3n) is 5.29. The largest absolute Gasteiger partial charge is 0.484 e. The van der Waals surface area contributed by atoms with Gasteiger partial charge in [0.2, 0.25) is 0 Å². The molecule has 3 aromatic rings. The minimum atomic E-state index is -0.121. The molecule has 0 radical (unpaired) electrons. The van der Waals surface area contributed by atoms with Crippen molar-refractivity contribution in [2.45, 2.75) is 39.3 Å². The van der Waals surface area contributed by atoms with Gasteiger partial charge in [0.15, 0.2) is 12.5 Å². The zero-order valence-electron chi connectivity index (χ0n) is 17.4. The molecule has 1 aromatic carbocycles. The normalized spacial score (nSPS) is 14.0. The predicted octanol–water partition coefficient (Wildman–Crippen LogP) is 4.78. The van der Waals surface area contributed by atoms with Crippen molar-refractivity contribution in [3.8, 4) is 5.75 Å². The van der Waals surface area contributed by atoms with Crippen molar-refractivity contribution in [2.24, 2.45) is 0 Å². The molecule has 0 aliphatic carbocycles. The van der Waals surface area contributed by atoms with Crippen LogP contribution in [-0.4, -0.2) is 30.5 Å². The predicted molar refractivity (Wildman–Crippen MR) is 114 cm³/mol. The maximum absolute atomic E-state index is 12.9. The molecule has 0 atom stereocenters. The smallest absolute Gasteiger partial charge is 0.261 e. The van der Waals surface area contributed by atoms with Gasteiger partial charge in [-0.2, -0.15) is 0 Å². The first-order chi connectivity index (χ1) is 14.7. The third kappa shape index (κ3) is 5.26. The summed E-state index contributed by atoms with van der Waals surface area (Å²) in [5.41, 5.74) is 1.09. The van der Waals surface area contributed by atoms with Crippen LogP contribution in [0.15, 0.2) is 63.6 Å². The van der Waals surface area contributed by atoms with Crippen molar-refractivity contribution < 1.29 is 18.4 Å². The van der Waals surface area contributed by atoms with Gasteiger partial charge >= 0.3 is 0 Å². The van der Waals surface area contributed by atoms with E-state index in [1.165, 1.54) is 19.3 Å². The van der Waals surface area contributed by atoms with Crippen LogP contribution >= 0.6 is 0 Å². The number of nitrogens with zero attached hydrogens (tertiary/aromatic N) is 2. The van der Waals surface area contributed by atoms with E-state index in [2.05, 4.69) is 4.90 Å². The van der Waals surface area contributed by atoms with E-state index in [9.17, 15) is 4.79 Å². The minimum Gasteiger partial charge on any atom is -0.484 e. The highest BCUT2D eigenvalue weighted by molar-refractivity contribution is 5.77. The van der Waals surface area contributed by atoms with Crippen molar-refractivity contribution in [2.75, 3.05) is 24.6 Å². The zero-order valence-corrected chi connectivity index (χ0v) is 17.4. The van der Waals surface area contributed by atoms with Crippen LogP contribution in [0.5, 0.6) is 5.75 Å². The van der Waals surface area contributed by atoms with Gasteiger partial charge in [0.05, 0.1) is 19.4 Å². The molecule has 0 N–H and O–H groups in total. The Balaban J connectivity index is 1.42. The highest BCUT2D eigenvalue weighted by Crippen LogP contribution is 2.24. The number of benzene rings is 1. The fourth-order valence-electron chi connectivity index (χ4n) is 3.69. The summed E-state index contributed by atoms with van der Waals surface area (Å²) >= 11 is 0. The summed E-state index contributed by atoms with van der Waals surface area (Å²) in [4.78, 5) is 16.9. The average Bonchev–Trinajstić information content (AvgIpc) is 3.44. The maximum atomic E-state index is 12.9. The number of carbonyl (C=O) groups is 1. The summed E-state index contributed by atoms with van der Waals surface area (Å²) in [5, 5.41) is 0. The van der Waals surface area contributed by atoms with Crippen molar-refractivity contribution in [1.29, 1.82) is 0 Å². The van der Waals surface area contributed by atoms with Gasteiger partial charge in [-0.05, 0) is 62.1 Å². The maximum Gasteiger partial charge on any atom is 0.261 e. The molecular formula is C24H28N2O4. The van der Waals surface area contributed by atoms with Crippen LogP contribution in [0.3, 0.4) is 0 Å². The quantitative estimate of drug-likeness (QED) is 0.537. The van der Waals surface area contributed by atoms with Crippen LogP contribution in [0.1, 0.15) is 36.3 Å². The number of amides is 1. The van der Waals surface area contributed by atoms with Gasteiger partial charge in [0, 0.05) is 19.2 Å². The molecule has 6 nitrogen and oxygen atoms in total. The van der Waals surface area contributed by atoms with Crippen LogP contribution in [0.25, 0.3) is 0 Å². The lowest BCUT2D eigenvalue weighted by atomic mass is 10.1. The monoisotopic (exact) mass is 408 g/mol. The molecule has 0 bridgehead atoms. The molecule has 0 unspecified atom stereocenters. The van der Waals surface area contributed by atoms with Crippen LogP contribution < -0.4 is 9.64 Å². The lowest BCUT2D eigenvalue weighted by Crippen LogP contribution is -2.34. The molecule has 6 heteroatoms. The number of anilines is 1. The first-order valence-electron chi connectivity index (χ1n) is 10.5. The number of ether oxygens (including phenoxy) is 1. The topological polar surface area (TPSA) is 59.1 Å². The zero-order chi connectivity index (χ0) is 20.8. The number of hydrogen-bond acceptors (Lipinski definition) is 5. The fraction of sp³-hybridized carbons (Fsp3) is 0.375. The first-order valence-corrected chi connectivity index (χ1v) is 10.5.